The van der Waals surface area contributed by atoms with Gasteiger partial charge in [-0.15, -0.1) is 0 Å². The van der Waals surface area contributed by atoms with E-state index in [9.17, 15) is 4.79 Å². The van der Waals surface area contributed by atoms with Crippen LogP contribution in [0.25, 0.3) is 0 Å². The van der Waals surface area contributed by atoms with E-state index in [4.69, 9.17) is 9.26 Å². The summed E-state index contributed by atoms with van der Waals surface area (Å²) in [4.78, 5) is 16.1. The maximum Gasteiger partial charge on any atom is 0.239 e. The number of ketones is 1. The van der Waals surface area contributed by atoms with Gasteiger partial charge in [0.2, 0.25) is 5.89 Å². The van der Waals surface area contributed by atoms with Crippen molar-refractivity contribution in [3.63, 3.8) is 0 Å². The highest BCUT2D eigenvalue weighted by atomic mass is 32.2. The smallest absolute Gasteiger partial charge is 0.239 e. The summed E-state index contributed by atoms with van der Waals surface area (Å²) in [5.41, 5.74) is 0. The third-order valence-electron chi connectivity index (χ3n) is 3.70. The van der Waals surface area contributed by atoms with E-state index in [2.05, 4.69) is 10.1 Å². The molecule has 0 aromatic carbocycles. The highest BCUT2D eigenvalue weighted by molar-refractivity contribution is 7.99. The van der Waals surface area contributed by atoms with Crippen LogP contribution in [0.5, 0.6) is 0 Å². The molecule has 1 aliphatic carbocycles. The molecule has 0 radical (unpaired) electrons. The third kappa shape index (κ3) is 3.17. The molecule has 0 bridgehead atoms. The molecule has 1 atom stereocenters. The largest absolute Gasteiger partial charge is 0.380 e. The zero-order valence-corrected chi connectivity index (χ0v) is 11.7. The van der Waals surface area contributed by atoms with Crippen molar-refractivity contribution in [2.24, 2.45) is 0 Å². The van der Waals surface area contributed by atoms with E-state index < -0.39 is 0 Å². The number of thioether (sulfide) groups is 1. The van der Waals surface area contributed by atoms with Gasteiger partial charge in [-0.3, -0.25) is 4.79 Å². The van der Waals surface area contributed by atoms with Crippen molar-refractivity contribution in [3.05, 3.63) is 11.7 Å². The van der Waals surface area contributed by atoms with Crippen molar-refractivity contribution in [2.45, 2.75) is 49.0 Å². The van der Waals surface area contributed by atoms with Gasteiger partial charge in [-0.2, -0.15) is 16.7 Å². The summed E-state index contributed by atoms with van der Waals surface area (Å²) in [6, 6.07) is 0. The first kappa shape index (κ1) is 13.1. The monoisotopic (exact) mass is 282 g/mol. The van der Waals surface area contributed by atoms with E-state index in [1.165, 1.54) is 25.7 Å². The molecule has 1 saturated heterocycles. The molecular formula is C13H18N2O3S. The van der Waals surface area contributed by atoms with Crippen LogP contribution in [0, 0.1) is 0 Å². The fourth-order valence-electron chi connectivity index (χ4n) is 2.57. The molecular weight excluding hydrogens is 264 g/mol. The van der Waals surface area contributed by atoms with Crippen molar-refractivity contribution in [1.82, 2.24) is 10.1 Å². The first-order valence-electron chi connectivity index (χ1n) is 6.87. The fraction of sp³-hybridized carbons (Fsp3) is 0.769. The number of ether oxygens (including phenoxy) is 1. The number of carbonyl (C=O) groups excluding carboxylic acids is 1. The van der Waals surface area contributed by atoms with Crippen molar-refractivity contribution in [3.8, 4) is 0 Å². The lowest BCUT2D eigenvalue weighted by Crippen LogP contribution is -2.25. The highest BCUT2D eigenvalue weighted by Gasteiger charge is 2.29. The zero-order valence-electron chi connectivity index (χ0n) is 10.8. The molecule has 104 valence electrons. The van der Waals surface area contributed by atoms with Crippen molar-refractivity contribution in [2.75, 3.05) is 13.2 Å². The number of hydrogen-bond donors (Lipinski definition) is 0. The maximum absolute atomic E-state index is 11.8. The van der Waals surface area contributed by atoms with Crippen molar-refractivity contribution in [1.29, 1.82) is 0 Å². The Bertz CT molecular complexity index is 443. The van der Waals surface area contributed by atoms with Gasteiger partial charge in [0, 0.05) is 11.7 Å². The van der Waals surface area contributed by atoms with Crippen LogP contribution in [0.3, 0.4) is 0 Å². The van der Waals surface area contributed by atoms with Crippen LogP contribution in [-0.2, 0) is 15.3 Å². The number of Topliss-reactive ketones (excluding diaryl/α,β-unsaturated/α-hetero) is 1. The van der Waals surface area contributed by atoms with Gasteiger partial charge in [-0.25, -0.2) is 0 Å². The minimum Gasteiger partial charge on any atom is -0.380 e. The minimum absolute atomic E-state index is 0.143. The Morgan fingerprint density at radius 2 is 2.16 bits per heavy atom. The summed E-state index contributed by atoms with van der Waals surface area (Å²) in [5, 5.41) is 4.71. The summed E-state index contributed by atoms with van der Waals surface area (Å²) in [6.07, 6.45) is 5.71. The Kier molecular flexibility index (Phi) is 4.18. The lowest BCUT2D eigenvalue weighted by molar-refractivity contribution is -0.127. The van der Waals surface area contributed by atoms with E-state index in [1.54, 1.807) is 0 Å². The number of rotatable bonds is 4. The van der Waals surface area contributed by atoms with E-state index in [0.717, 1.165) is 11.0 Å². The summed E-state index contributed by atoms with van der Waals surface area (Å²) in [7, 11) is 0. The first-order valence-corrected chi connectivity index (χ1v) is 7.92. The minimum atomic E-state index is -0.355. The molecule has 1 unspecified atom stereocenters. The van der Waals surface area contributed by atoms with Crippen LogP contribution in [0.4, 0.5) is 0 Å². The Morgan fingerprint density at radius 1 is 1.32 bits per heavy atom. The lowest BCUT2D eigenvalue weighted by Gasteiger charge is -2.17. The molecule has 6 heteroatoms. The predicted octanol–water partition coefficient (Wildman–Crippen LogP) is 2.32. The second kappa shape index (κ2) is 6.05. The van der Waals surface area contributed by atoms with Gasteiger partial charge in [0.1, 0.15) is 11.7 Å². The van der Waals surface area contributed by atoms with E-state index in [0.29, 0.717) is 31.3 Å². The van der Waals surface area contributed by atoms with Crippen molar-refractivity contribution < 1.29 is 14.1 Å². The van der Waals surface area contributed by atoms with E-state index in [1.807, 2.05) is 11.8 Å². The van der Waals surface area contributed by atoms with Gasteiger partial charge in [0.15, 0.2) is 5.82 Å². The Hall–Kier alpha value is -0.880. The molecule has 1 aromatic heterocycles. The van der Waals surface area contributed by atoms with Gasteiger partial charge in [0.25, 0.3) is 0 Å². The summed E-state index contributed by atoms with van der Waals surface area (Å²) in [6.45, 7) is 0.879. The molecule has 0 amide bonds. The molecule has 2 heterocycles. The maximum atomic E-state index is 11.8. The quantitative estimate of drug-likeness (QED) is 0.844. The fourth-order valence-corrected chi connectivity index (χ4v) is 3.73. The normalized spacial score (nSPS) is 25.1. The van der Waals surface area contributed by atoms with E-state index in [-0.39, 0.29) is 11.7 Å². The molecule has 1 saturated carbocycles. The molecule has 3 rings (SSSR count). The number of hydrogen-bond acceptors (Lipinski definition) is 6. The Morgan fingerprint density at radius 3 is 2.95 bits per heavy atom. The van der Waals surface area contributed by atoms with Crippen LogP contribution < -0.4 is 0 Å². The standard InChI is InChI=1S/C13H18N2O3S/c16-11-5-6-17-7-10(11)13-14-12(15-18-13)8-19-9-3-1-2-4-9/h9-10H,1-8H2. The molecule has 5 nitrogen and oxygen atoms in total. The van der Waals surface area contributed by atoms with Crippen molar-refractivity contribution >= 4 is 17.5 Å². The molecule has 0 spiro atoms. The van der Waals surface area contributed by atoms with Crippen LogP contribution >= 0.6 is 11.8 Å². The lowest BCUT2D eigenvalue weighted by atomic mass is 10.0. The Balaban J connectivity index is 1.57. The molecule has 1 aromatic rings. The third-order valence-corrected chi connectivity index (χ3v) is 5.07. The van der Waals surface area contributed by atoms with Crippen LogP contribution in [-0.4, -0.2) is 34.4 Å². The van der Waals surface area contributed by atoms with Gasteiger partial charge in [-0.05, 0) is 12.8 Å². The molecule has 1 aliphatic heterocycles. The second-order valence-electron chi connectivity index (χ2n) is 5.11. The molecule has 0 N–H and O–H groups in total. The number of aromatic nitrogens is 2. The number of nitrogens with zero attached hydrogens (tertiary/aromatic N) is 2. The average molecular weight is 282 g/mol. The van der Waals surface area contributed by atoms with Crippen LogP contribution in [0.1, 0.15) is 49.7 Å². The SMILES string of the molecule is O=C1CCOCC1c1nc(CSC2CCCC2)no1. The van der Waals surface area contributed by atoms with Gasteiger partial charge in [0.05, 0.1) is 19.0 Å². The second-order valence-corrected chi connectivity index (χ2v) is 6.40. The molecule has 2 fully saturated rings. The van der Waals surface area contributed by atoms with E-state index >= 15 is 0 Å². The Labute approximate surface area is 116 Å². The van der Waals surface area contributed by atoms with Gasteiger partial charge < -0.3 is 9.26 Å². The van der Waals surface area contributed by atoms with Gasteiger partial charge in [-0.1, -0.05) is 18.0 Å². The molecule has 2 aliphatic rings. The average Bonchev–Trinajstić information content (AvgIpc) is 3.08. The summed E-state index contributed by atoms with van der Waals surface area (Å²) >= 11 is 1.90. The van der Waals surface area contributed by atoms with Gasteiger partial charge >= 0.3 is 0 Å². The van der Waals surface area contributed by atoms with Crippen LogP contribution in [0.2, 0.25) is 0 Å². The molecule has 19 heavy (non-hydrogen) atoms. The highest BCUT2D eigenvalue weighted by Crippen LogP contribution is 2.31. The first-order chi connectivity index (χ1) is 9.33. The zero-order chi connectivity index (χ0) is 13.1. The topological polar surface area (TPSA) is 65.2 Å². The summed E-state index contributed by atoms with van der Waals surface area (Å²) < 4.78 is 10.5. The number of carbonyl (C=O) groups is 1. The van der Waals surface area contributed by atoms with Crippen LogP contribution in [0.15, 0.2) is 4.52 Å². The predicted molar refractivity (Wildman–Crippen MR) is 71.0 cm³/mol. The summed E-state index contributed by atoms with van der Waals surface area (Å²) in [5.74, 6) is 1.68.